The number of nitrogens with zero attached hydrogens (tertiary/aromatic N) is 6. The van der Waals surface area contributed by atoms with Crippen LogP contribution in [0.15, 0.2) is 54.0 Å². The number of hydrogen-bond acceptors (Lipinski definition) is 6. The number of rotatable bonds is 4. The Morgan fingerprint density at radius 1 is 1.07 bits per heavy atom. The molecule has 0 radical (unpaired) electrons. The van der Waals surface area contributed by atoms with E-state index in [0.717, 1.165) is 43.1 Å². The number of hydrogen-bond donors (Lipinski definition) is 0. The smallest absolute Gasteiger partial charge is 0.253 e. The third-order valence-corrected chi connectivity index (χ3v) is 4.99. The van der Waals surface area contributed by atoms with Gasteiger partial charge in [-0.2, -0.15) is 0 Å². The van der Waals surface area contributed by atoms with Gasteiger partial charge in [0.25, 0.3) is 5.56 Å². The van der Waals surface area contributed by atoms with Crippen molar-refractivity contribution in [2.24, 2.45) is 5.92 Å². The van der Waals surface area contributed by atoms with Gasteiger partial charge in [0, 0.05) is 55.5 Å². The maximum atomic E-state index is 12.5. The normalized spacial score (nSPS) is 15.1. The van der Waals surface area contributed by atoms with Crippen LogP contribution in [0.3, 0.4) is 0 Å². The molecule has 0 amide bonds. The van der Waals surface area contributed by atoms with Crippen LogP contribution in [0.5, 0.6) is 0 Å². The fraction of sp³-hybridized carbons (Fsp3) is 0.350. The summed E-state index contributed by atoms with van der Waals surface area (Å²) in [5.41, 5.74) is 2.56. The third-order valence-electron chi connectivity index (χ3n) is 4.99. The Morgan fingerprint density at radius 3 is 2.56 bits per heavy atom. The van der Waals surface area contributed by atoms with Crippen LogP contribution < -0.4 is 10.5 Å². The molecular weight excluding hydrogens is 340 g/mol. The van der Waals surface area contributed by atoms with Crippen LogP contribution in [0.25, 0.3) is 11.3 Å². The molecule has 7 nitrogen and oxygen atoms in total. The zero-order chi connectivity index (χ0) is 18.6. The number of aromatic nitrogens is 5. The molecule has 0 aromatic carbocycles. The molecule has 0 N–H and O–H groups in total. The molecule has 4 rings (SSSR count). The van der Waals surface area contributed by atoms with Crippen molar-refractivity contribution in [1.29, 1.82) is 0 Å². The van der Waals surface area contributed by atoms with E-state index < -0.39 is 0 Å². The van der Waals surface area contributed by atoms with Crippen LogP contribution in [0.4, 0.5) is 5.95 Å². The van der Waals surface area contributed by atoms with E-state index in [9.17, 15) is 4.79 Å². The second-order valence-corrected chi connectivity index (χ2v) is 6.93. The highest BCUT2D eigenvalue weighted by molar-refractivity contribution is 5.57. The molecule has 1 aliphatic rings. The average molecular weight is 362 g/mol. The fourth-order valence-electron chi connectivity index (χ4n) is 3.43. The van der Waals surface area contributed by atoms with Gasteiger partial charge in [-0.1, -0.05) is 0 Å². The molecule has 27 heavy (non-hydrogen) atoms. The van der Waals surface area contributed by atoms with Gasteiger partial charge in [0.05, 0.1) is 12.0 Å². The van der Waals surface area contributed by atoms with Crippen LogP contribution in [0, 0.1) is 12.8 Å². The van der Waals surface area contributed by atoms with Crippen LogP contribution in [0.1, 0.15) is 18.5 Å². The average Bonchev–Trinajstić information content (AvgIpc) is 2.71. The van der Waals surface area contributed by atoms with Gasteiger partial charge in [0.2, 0.25) is 5.95 Å². The summed E-state index contributed by atoms with van der Waals surface area (Å²) < 4.78 is 1.72. The van der Waals surface area contributed by atoms with Gasteiger partial charge in [-0.25, -0.2) is 15.0 Å². The molecule has 1 fully saturated rings. The van der Waals surface area contributed by atoms with Crippen molar-refractivity contribution < 1.29 is 0 Å². The zero-order valence-corrected chi connectivity index (χ0v) is 15.3. The molecule has 4 heterocycles. The molecule has 0 bridgehead atoms. The largest absolute Gasteiger partial charge is 0.341 e. The van der Waals surface area contributed by atoms with Crippen LogP contribution in [0.2, 0.25) is 0 Å². The van der Waals surface area contributed by atoms with Gasteiger partial charge in [-0.3, -0.25) is 14.3 Å². The van der Waals surface area contributed by atoms with Crippen molar-refractivity contribution in [3.8, 4) is 11.3 Å². The molecule has 0 saturated carbocycles. The molecular formula is C20H22N6O. The molecule has 0 spiro atoms. The van der Waals surface area contributed by atoms with Gasteiger partial charge in [-0.15, -0.1) is 0 Å². The lowest BCUT2D eigenvalue weighted by molar-refractivity contribution is 0.349. The monoisotopic (exact) mass is 362 g/mol. The number of aryl methyl sites for hydroxylation is 1. The summed E-state index contributed by atoms with van der Waals surface area (Å²) in [6.07, 6.45) is 8.89. The summed E-state index contributed by atoms with van der Waals surface area (Å²) in [6, 6.07) is 7.22. The summed E-state index contributed by atoms with van der Waals surface area (Å²) >= 11 is 0. The Kier molecular flexibility index (Phi) is 4.91. The summed E-state index contributed by atoms with van der Waals surface area (Å²) in [4.78, 5) is 32.0. The Labute approximate surface area is 157 Å². The highest BCUT2D eigenvalue weighted by Gasteiger charge is 2.21. The number of piperidine rings is 1. The Bertz CT molecular complexity index is 963. The van der Waals surface area contributed by atoms with Gasteiger partial charge >= 0.3 is 0 Å². The second-order valence-electron chi connectivity index (χ2n) is 6.93. The van der Waals surface area contributed by atoms with E-state index in [-0.39, 0.29) is 5.56 Å². The van der Waals surface area contributed by atoms with Crippen molar-refractivity contribution in [3.05, 3.63) is 65.2 Å². The summed E-state index contributed by atoms with van der Waals surface area (Å²) in [6.45, 7) is 4.49. The first-order valence-corrected chi connectivity index (χ1v) is 9.20. The van der Waals surface area contributed by atoms with Crippen molar-refractivity contribution in [1.82, 2.24) is 24.5 Å². The van der Waals surface area contributed by atoms with E-state index >= 15 is 0 Å². The van der Waals surface area contributed by atoms with Gasteiger partial charge < -0.3 is 4.90 Å². The molecule has 138 valence electrons. The van der Waals surface area contributed by atoms with E-state index in [0.29, 0.717) is 18.2 Å². The summed E-state index contributed by atoms with van der Waals surface area (Å²) in [7, 11) is 0. The predicted octanol–water partition coefficient (Wildman–Crippen LogP) is 2.32. The van der Waals surface area contributed by atoms with E-state index in [2.05, 4.69) is 24.8 Å². The lowest BCUT2D eigenvalue weighted by Gasteiger charge is -2.32. The molecule has 7 heteroatoms. The molecule has 1 aliphatic heterocycles. The SMILES string of the molecule is Cc1ccnc(N2CCC(Cn3cnc(-c4ccncc4)cc3=O)CC2)n1. The predicted molar refractivity (Wildman–Crippen MR) is 103 cm³/mol. The van der Waals surface area contributed by atoms with Crippen LogP contribution >= 0.6 is 0 Å². The second kappa shape index (κ2) is 7.65. The maximum absolute atomic E-state index is 12.5. The van der Waals surface area contributed by atoms with Crippen LogP contribution in [-0.4, -0.2) is 37.6 Å². The van der Waals surface area contributed by atoms with E-state index in [1.807, 2.05) is 25.1 Å². The van der Waals surface area contributed by atoms with Crippen molar-refractivity contribution >= 4 is 5.95 Å². The van der Waals surface area contributed by atoms with E-state index in [1.54, 1.807) is 35.6 Å². The Hall–Kier alpha value is -3.09. The van der Waals surface area contributed by atoms with Crippen LogP contribution in [-0.2, 0) is 6.54 Å². The topological polar surface area (TPSA) is 76.8 Å². The summed E-state index contributed by atoms with van der Waals surface area (Å²) in [5.74, 6) is 1.26. The zero-order valence-electron chi connectivity index (χ0n) is 15.3. The first-order valence-electron chi connectivity index (χ1n) is 9.20. The highest BCUT2D eigenvalue weighted by Crippen LogP contribution is 2.22. The lowest BCUT2D eigenvalue weighted by atomic mass is 9.97. The van der Waals surface area contributed by atoms with E-state index in [1.165, 1.54) is 0 Å². The fourth-order valence-corrected chi connectivity index (χ4v) is 3.43. The molecule has 0 atom stereocenters. The van der Waals surface area contributed by atoms with Gasteiger partial charge in [0.1, 0.15) is 0 Å². The first kappa shape index (κ1) is 17.3. The highest BCUT2D eigenvalue weighted by atomic mass is 16.1. The summed E-state index contributed by atoms with van der Waals surface area (Å²) in [5, 5.41) is 0. The minimum Gasteiger partial charge on any atom is -0.341 e. The van der Waals surface area contributed by atoms with Gasteiger partial charge in [0.15, 0.2) is 0 Å². The number of anilines is 1. The first-order chi connectivity index (χ1) is 13.2. The molecule has 3 aromatic rings. The molecule has 1 saturated heterocycles. The quantitative estimate of drug-likeness (QED) is 0.709. The third kappa shape index (κ3) is 4.02. The lowest BCUT2D eigenvalue weighted by Crippen LogP contribution is -2.37. The Morgan fingerprint density at radius 2 is 1.85 bits per heavy atom. The molecule has 0 aliphatic carbocycles. The van der Waals surface area contributed by atoms with Crippen molar-refractivity contribution in [3.63, 3.8) is 0 Å². The van der Waals surface area contributed by atoms with Gasteiger partial charge in [-0.05, 0) is 43.9 Å². The maximum Gasteiger partial charge on any atom is 0.253 e. The Balaban J connectivity index is 1.40. The minimum absolute atomic E-state index is 0.0127. The van der Waals surface area contributed by atoms with Crippen molar-refractivity contribution in [2.45, 2.75) is 26.3 Å². The molecule has 0 unspecified atom stereocenters. The number of pyridine rings is 1. The van der Waals surface area contributed by atoms with Crippen molar-refractivity contribution in [2.75, 3.05) is 18.0 Å². The molecule has 3 aromatic heterocycles. The minimum atomic E-state index is -0.0127. The van der Waals surface area contributed by atoms with E-state index in [4.69, 9.17) is 0 Å². The standard InChI is InChI=1S/C20H22N6O/c1-15-2-9-22-20(24-15)25-10-5-16(6-11-25)13-26-14-23-18(12-19(26)27)17-3-7-21-8-4-17/h2-4,7-9,12,14,16H,5-6,10-11,13H2,1H3.